The van der Waals surface area contributed by atoms with Crippen LogP contribution in [0.15, 0.2) is 52.3 Å². The van der Waals surface area contributed by atoms with E-state index in [0.29, 0.717) is 43.2 Å². The molecule has 13 heteroatoms. The van der Waals surface area contributed by atoms with Gasteiger partial charge >= 0.3 is 6.09 Å². The molecule has 1 aliphatic heterocycles. The summed E-state index contributed by atoms with van der Waals surface area (Å²) in [6.45, 7) is 10.7. The van der Waals surface area contributed by atoms with Crippen LogP contribution in [0.2, 0.25) is 0 Å². The van der Waals surface area contributed by atoms with E-state index < -0.39 is 17.2 Å². The van der Waals surface area contributed by atoms with Crippen LogP contribution >= 0.6 is 11.3 Å². The van der Waals surface area contributed by atoms with Gasteiger partial charge in [-0.1, -0.05) is 30.3 Å². The second-order valence-corrected chi connectivity index (χ2v) is 13.5. The van der Waals surface area contributed by atoms with Crippen molar-refractivity contribution in [1.29, 1.82) is 0 Å². The number of nitrogens with zero attached hydrogens (tertiary/aromatic N) is 5. The molecule has 2 atom stereocenters. The molecule has 1 aliphatic rings. The molecule has 0 aliphatic carbocycles. The van der Waals surface area contributed by atoms with Crippen LogP contribution in [0.5, 0.6) is 0 Å². The predicted molar refractivity (Wildman–Crippen MR) is 175 cm³/mol. The lowest BCUT2D eigenvalue weighted by Crippen LogP contribution is -2.47. The van der Waals surface area contributed by atoms with Gasteiger partial charge in [0, 0.05) is 43.3 Å². The Kier molecular flexibility index (Phi) is 10.0. The average Bonchev–Trinajstić information content (AvgIpc) is 3.77. The summed E-state index contributed by atoms with van der Waals surface area (Å²) in [5.41, 5.74) is 0.840. The van der Waals surface area contributed by atoms with E-state index in [2.05, 4.69) is 25.8 Å². The minimum absolute atomic E-state index is 0.0830. The van der Waals surface area contributed by atoms with E-state index in [-0.39, 0.29) is 23.7 Å². The number of benzene rings is 1. The number of thiazole rings is 1. The van der Waals surface area contributed by atoms with Crippen molar-refractivity contribution in [3.63, 3.8) is 0 Å². The Bertz CT molecular complexity index is 1650. The minimum atomic E-state index is -1.11. The van der Waals surface area contributed by atoms with E-state index in [4.69, 9.17) is 18.9 Å². The standard InChI is InChI=1S/C33H41N7O5S/c1-21-20-46-28(35-21)25-13-10-15-40(25)29(41)23-17-24(36-26(18-23)34-14-16-43-6)27-38-39-30(44-27)33(5,19-22-11-8-7-9-12-22)37-31(42)45-32(2,3)4/h7-9,11-12,17-18,20,25H,10,13-16,19H2,1-6H3,(H,34,36)(H,37,42). The maximum atomic E-state index is 14.0. The molecule has 0 spiro atoms. The lowest BCUT2D eigenvalue weighted by Gasteiger charge is -2.29. The molecule has 244 valence electrons. The first-order valence-electron chi connectivity index (χ1n) is 15.3. The first-order chi connectivity index (χ1) is 21.9. The topological polar surface area (TPSA) is 145 Å². The van der Waals surface area contributed by atoms with Gasteiger partial charge in [-0.3, -0.25) is 4.79 Å². The van der Waals surface area contributed by atoms with E-state index in [1.54, 1.807) is 58.3 Å². The van der Waals surface area contributed by atoms with Gasteiger partial charge in [0.2, 0.25) is 5.89 Å². The van der Waals surface area contributed by atoms with E-state index in [0.717, 1.165) is 29.1 Å². The summed E-state index contributed by atoms with van der Waals surface area (Å²) >= 11 is 1.58. The average molecular weight is 648 g/mol. The van der Waals surface area contributed by atoms with Crippen molar-refractivity contribution in [1.82, 2.24) is 30.4 Å². The number of alkyl carbamates (subject to hydrolysis) is 1. The molecule has 0 bridgehead atoms. The minimum Gasteiger partial charge on any atom is -0.444 e. The van der Waals surface area contributed by atoms with Gasteiger partial charge in [-0.15, -0.1) is 21.5 Å². The van der Waals surface area contributed by atoms with Crippen LogP contribution < -0.4 is 10.6 Å². The molecule has 1 aromatic carbocycles. The zero-order valence-electron chi connectivity index (χ0n) is 27.1. The largest absolute Gasteiger partial charge is 0.444 e. The summed E-state index contributed by atoms with van der Waals surface area (Å²) in [4.78, 5) is 38.2. The molecule has 0 saturated carbocycles. The van der Waals surface area contributed by atoms with Crippen LogP contribution in [0.4, 0.5) is 10.6 Å². The molecule has 0 radical (unpaired) electrons. The summed E-state index contributed by atoms with van der Waals surface area (Å²) < 4.78 is 17.0. The molecule has 12 nitrogen and oxygen atoms in total. The summed E-state index contributed by atoms with van der Waals surface area (Å²) in [5, 5.41) is 17.8. The summed E-state index contributed by atoms with van der Waals surface area (Å²) in [5.74, 6) is 0.619. The molecule has 2 amide bonds. The van der Waals surface area contributed by atoms with Crippen LogP contribution in [-0.4, -0.2) is 69.5 Å². The fourth-order valence-corrected chi connectivity index (χ4v) is 6.29. The maximum absolute atomic E-state index is 14.0. The van der Waals surface area contributed by atoms with Gasteiger partial charge < -0.3 is 29.4 Å². The Morgan fingerprint density at radius 2 is 1.89 bits per heavy atom. The second kappa shape index (κ2) is 14.0. The van der Waals surface area contributed by atoms with Gasteiger partial charge in [0.05, 0.1) is 12.6 Å². The van der Waals surface area contributed by atoms with Crippen molar-refractivity contribution in [2.24, 2.45) is 0 Å². The van der Waals surface area contributed by atoms with Crippen molar-refractivity contribution in [3.8, 4) is 11.6 Å². The highest BCUT2D eigenvalue weighted by molar-refractivity contribution is 7.09. The smallest absolute Gasteiger partial charge is 0.408 e. The maximum Gasteiger partial charge on any atom is 0.408 e. The third kappa shape index (κ3) is 8.07. The number of pyridine rings is 1. The van der Waals surface area contributed by atoms with Gasteiger partial charge in [0.15, 0.2) is 0 Å². The normalized spacial score (nSPS) is 16.2. The third-order valence-electron chi connectivity index (χ3n) is 7.41. The molecule has 4 heterocycles. The van der Waals surface area contributed by atoms with Gasteiger partial charge in [-0.25, -0.2) is 14.8 Å². The molecule has 3 aromatic heterocycles. The Labute approximate surface area is 272 Å². The van der Waals surface area contributed by atoms with Crippen LogP contribution in [0.3, 0.4) is 0 Å². The fraction of sp³-hybridized carbons (Fsp3) is 0.455. The van der Waals surface area contributed by atoms with Crippen molar-refractivity contribution < 1.29 is 23.5 Å². The highest BCUT2D eigenvalue weighted by atomic mass is 32.1. The van der Waals surface area contributed by atoms with Gasteiger partial charge in [0.1, 0.15) is 27.7 Å². The third-order valence-corrected chi connectivity index (χ3v) is 8.48. The Balaban J connectivity index is 1.48. The lowest BCUT2D eigenvalue weighted by atomic mass is 9.92. The van der Waals surface area contributed by atoms with Crippen LogP contribution in [0.25, 0.3) is 11.6 Å². The number of carbonyl (C=O) groups is 2. The summed E-state index contributed by atoms with van der Waals surface area (Å²) in [6, 6.07) is 13.0. The fourth-order valence-electron chi connectivity index (χ4n) is 5.35. The first kappa shape index (κ1) is 33.0. The van der Waals surface area contributed by atoms with Crippen LogP contribution in [0.1, 0.15) is 79.1 Å². The van der Waals surface area contributed by atoms with Gasteiger partial charge in [0.25, 0.3) is 11.8 Å². The number of methoxy groups -OCH3 is 1. The van der Waals surface area contributed by atoms with E-state index >= 15 is 0 Å². The number of rotatable bonds is 11. The molecule has 2 unspecified atom stereocenters. The number of hydrogen-bond acceptors (Lipinski definition) is 11. The quantitative estimate of drug-likeness (QED) is 0.188. The Morgan fingerprint density at radius 1 is 1.11 bits per heavy atom. The van der Waals surface area contributed by atoms with E-state index in [9.17, 15) is 9.59 Å². The zero-order valence-corrected chi connectivity index (χ0v) is 27.9. The number of nitrogens with one attached hydrogen (secondary N) is 2. The van der Waals surface area contributed by atoms with Crippen molar-refractivity contribution in [2.75, 3.05) is 32.1 Å². The van der Waals surface area contributed by atoms with Crippen molar-refractivity contribution in [3.05, 3.63) is 75.6 Å². The molecular formula is C33H41N7O5S. The number of likely N-dealkylation sites (tertiary alicyclic amines) is 1. The Hall–Kier alpha value is -4.36. The lowest BCUT2D eigenvalue weighted by molar-refractivity contribution is 0.0443. The number of aryl methyl sites for hydroxylation is 1. The Morgan fingerprint density at radius 3 is 2.59 bits per heavy atom. The van der Waals surface area contributed by atoms with Gasteiger partial charge in [-0.2, -0.15) is 0 Å². The van der Waals surface area contributed by atoms with Gasteiger partial charge in [-0.05, 0) is 65.2 Å². The molecule has 46 heavy (non-hydrogen) atoms. The molecular weight excluding hydrogens is 606 g/mol. The summed E-state index contributed by atoms with van der Waals surface area (Å²) in [6.07, 6.45) is 1.49. The highest BCUT2D eigenvalue weighted by Gasteiger charge is 2.37. The predicted octanol–water partition coefficient (Wildman–Crippen LogP) is 5.91. The molecule has 5 rings (SSSR count). The van der Waals surface area contributed by atoms with Crippen molar-refractivity contribution in [2.45, 2.75) is 71.1 Å². The molecule has 4 aromatic rings. The number of ether oxygens (including phenoxy) is 2. The van der Waals surface area contributed by atoms with E-state index in [1.165, 1.54) is 0 Å². The van der Waals surface area contributed by atoms with Crippen LogP contribution in [-0.2, 0) is 21.4 Å². The highest BCUT2D eigenvalue weighted by Crippen LogP contribution is 2.36. The monoisotopic (exact) mass is 647 g/mol. The first-order valence-corrected chi connectivity index (χ1v) is 16.2. The molecule has 2 N–H and O–H groups in total. The summed E-state index contributed by atoms with van der Waals surface area (Å²) in [7, 11) is 1.62. The SMILES string of the molecule is COCCNc1cc(C(=O)N2CCCC2c2nc(C)cs2)cc(-c2nnc(C(C)(Cc3ccccc3)NC(=O)OC(C)(C)C)o2)n1. The zero-order chi connectivity index (χ0) is 32.9. The number of carbonyl (C=O) groups excluding carboxylic acids is 2. The number of amides is 2. The number of aromatic nitrogens is 4. The molecule has 1 fully saturated rings. The van der Waals surface area contributed by atoms with E-state index in [1.807, 2.05) is 47.5 Å². The second-order valence-electron chi connectivity index (χ2n) is 12.6. The van der Waals surface area contributed by atoms with Crippen molar-refractivity contribution >= 4 is 29.2 Å². The number of anilines is 1. The molecule has 1 saturated heterocycles. The number of hydrogen-bond donors (Lipinski definition) is 2. The van der Waals surface area contributed by atoms with Crippen LogP contribution in [0, 0.1) is 6.92 Å².